The number of amides is 5. The maximum absolute atomic E-state index is 14.1. The second-order valence-corrected chi connectivity index (χ2v) is 14.6. The van der Waals surface area contributed by atoms with Crippen molar-refractivity contribution in [3.63, 3.8) is 0 Å². The number of carbonyl (C=O) groups is 6. The van der Waals surface area contributed by atoms with E-state index in [1.165, 1.54) is 4.90 Å². The molecule has 0 spiro atoms. The number of nitrogens with zero attached hydrogens (tertiary/aromatic N) is 1. The van der Waals surface area contributed by atoms with Gasteiger partial charge in [0.25, 0.3) is 5.91 Å². The first-order chi connectivity index (χ1) is 19.7. The van der Waals surface area contributed by atoms with Crippen LogP contribution in [0.15, 0.2) is 0 Å². The van der Waals surface area contributed by atoms with Crippen molar-refractivity contribution in [3.8, 4) is 0 Å². The molecule has 0 aromatic heterocycles. The monoisotopic (exact) mass is 607 g/mol. The lowest BCUT2D eigenvalue weighted by Gasteiger charge is -2.49. The van der Waals surface area contributed by atoms with E-state index < -0.39 is 64.6 Å². The highest BCUT2D eigenvalue weighted by Gasteiger charge is 2.61. The second-order valence-electron chi connectivity index (χ2n) is 14.6. The van der Waals surface area contributed by atoms with E-state index in [1.54, 1.807) is 20.8 Å². The minimum Gasteiger partial charge on any atom is -0.444 e. The first kappa shape index (κ1) is 36.0. The summed E-state index contributed by atoms with van der Waals surface area (Å²) in [6.07, 6.45) is 1.55. The standard InChI is InChI=1S/C31H53N5O7/c1-11-13-19(23(38)26(40)33-16-20(37)32-14-12-2)34-25(39)22-21-18(15-31(21,9)10)17-36(22)27(41)24(29(3,4)5)35-28(42)43-30(6,7)8/h18-19,21-22,24H,11-17H2,1-10H3,(H,32,37)(H,33,40)(H,34,39)(H,35,42)/t18-,19?,21-,22-,24+/m0/s1. The summed E-state index contributed by atoms with van der Waals surface area (Å²) in [6.45, 7) is 19.0. The predicted octanol–water partition coefficient (Wildman–Crippen LogP) is 2.30. The number of ether oxygens (including phenoxy) is 1. The molecule has 5 amide bonds. The highest BCUT2D eigenvalue weighted by molar-refractivity contribution is 6.38. The van der Waals surface area contributed by atoms with Crippen molar-refractivity contribution in [1.82, 2.24) is 26.2 Å². The van der Waals surface area contributed by atoms with Crippen molar-refractivity contribution < 1.29 is 33.5 Å². The number of fused-ring (bicyclic) bond motifs is 1. The Balaban J connectivity index is 2.29. The van der Waals surface area contributed by atoms with Crippen LogP contribution in [0.3, 0.4) is 0 Å². The molecule has 2 aliphatic rings. The van der Waals surface area contributed by atoms with Gasteiger partial charge in [-0.1, -0.05) is 54.9 Å². The number of likely N-dealkylation sites (tertiary alicyclic amines) is 1. The fraction of sp³-hybridized carbons (Fsp3) is 0.806. The van der Waals surface area contributed by atoms with Crippen LogP contribution in [0.4, 0.5) is 4.79 Å². The van der Waals surface area contributed by atoms with Crippen molar-refractivity contribution in [2.45, 2.75) is 119 Å². The Morgan fingerprint density at radius 1 is 0.930 bits per heavy atom. The van der Waals surface area contributed by atoms with E-state index in [0.717, 1.165) is 12.8 Å². The van der Waals surface area contributed by atoms with Gasteiger partial charge in [-0.25, -0.2) is 4.79 Å². The quantitative estimate of drug-likeness (QED) is 0.247. The fourth-order valence-electron chi connectivity index (χ4n) is 6.16. The zero-order valence-corrected chi connectivity index (χ0v) is 27.6. The average Bonchev–Trinajstić information content (AvgIpc) is 3.21. The van der Waals surface area contributed by atoms with Crippen molar-refractivity contribution in [3.05, 3.63) is 0 Å². The van der Waals surface area contributed by atoms with Crippen LogP contribution in [0.2, 0.25) is 0 Å². The molecule has 5 atom stereocenters. The van der Waals surface area contributed by atoms with Crippen molar-refractivity contribution in [2.24, 2.45) is 22.7 Å². The van der Waals surface area contributed by atoms with Gasteiger partial charge < -0.3 is 30.9 Å². The molecule has 1 saturated carbocycles. The summed E-state index contributed by atoms with van der Waals surface area (Å²) in [7, 11) is 0. The molecule has 12 heteroatoms. The van der Waals surface area contributed by atoms with Gasteiger partial charge >= 0.3 is 6.09 Å². The molecule has 1 aliphatic heterocycles. The van der Waals surface area contributed by atoms with E-state index in [2.05, 4.69) is 21.3 Å². The van der Waals surface area contributed by atoms with Crippen molar-refractivity contribution >= 4 is 35.5 Å². The minimum atomic E-state index is -1.12. The number of rotatable bonds is 12. The van der Waals surface area contributed by atoms with E-state index in [4.69, 9.17) is 4.74 Å². The molecule has 4 N–H and O–H groups in total. The molecule has 244 valence electrons. The van der Waals surface area contributed by atoms with E-state index in [1.807, 2.05) is 48.5 Å². The molecule has 1 unspecified atom stereocenters. The Hall–Kier alpha value is -3.18. The minimum absolute atomic E-state index is 0.0853. The number of Topliss-reactive ketones (excluding diaryl/α,β-unsaturated/α-hetero) is 1. The van der Waals surface area contributed by atoms with Crippen LogP contribution in [0, 0.1) is 22.7 Å². The zero-order valence-electron chi connectivity index (χ0n) is 27.6. The molecule has 43 heavy (non-hydrogen) atoms. The van der Waals surface area contributed by atoms with Crippen LogP contribution >= 0.6 is 0 Å². The first-order valence-corrected chi connectivity index (χ1v) is 15.4. The third kappa shape index (κ3) is 9.40. The lowest BCUT2D eigenvalue weighted by atomic mass is 9.55. The molecule has 2 fully saturated rings. The summed E-state index contributed by atoms with van der Waals surface area (Å²) in [5, 5.41) is 10.5. The molecule has 0 radical (unpaired) electrons. The Morgan fingerprint density at radius 3 is 2.07 bits per heavy atom. The van der Waals surface area contributed by atoms with E-state index >= 15 is 0 Å². The number of carbonyl (C=O) groups excluding carboxylic acids is 6. The summed E-state index contributed by atoms with van der Waals surface area (Å²) >= 11 is 0. The number of hydrogen-bond donors (Lipinski definition) is 4. The molecule has 0 bridgehead atoms. The highest BCUT2D eigenvalue weighted by atomic mass is 16.6. The van der Waals surface area contributed by atoms with Gasteiger partial charge in [-0.2, -0.15) is 0 Å². The number of ketones is 1. The van der Waals surface area contributed by atoms with Crippen LogP contribution in [0.25, 0.3) is 0 Å². The van der Waals surface area contributed by atoms with Crippen LogP contribution in [0.5, 0.6) is 0 Å². The van der Waals surface area contributed by atoms with Crippen LogP contribution in [0.1, 0.15) is 94.9 Å². The molecule has 0 aromatic carbocycles. The summed E-state index contributed by atoms with van der Waals surface area (Å²) in [5.74, 6) is -3.21. The first-order valence-electron chi connectivity index (χ1n) is 15.4. The predicted molar refractivity (Wildman–Crippen MR) is 162 cm³/mol. The Labute approximate surface area is 256 Å². The largest absolute Gasteiger partial charge is 0.444 e. The molecule has 1 aliphatic carbocycles. The normalized spacial score (nSPS) is 22.3. The van der Waals surface area contributed by atoms with Gasteiger partial charge in [0.1, 0.15) is 17.7 Å². The lowest BCUT2D eigenvalue weighted by Crippen LogP contribution is -2.61. The summed E-state index contributed by atoms with van der Waals surface area (Å²) in [4.78, 5) is 79.9. The SMILES string of the molecule is CCCNC(=O)CNC(=O)C(=O)C(CCC)NC(=O)[C@@H]1[C@@H]2[C@H](CN1C(=O)[C@@H](NC(=O)OC(C)(C)C)C(C)(C)C)CC2(C)C. The van der Waals surface area contributed by atoms with Crippen molar-refractivity contribution in [1.29, 1.82) is 0 Å². The van der Waals surface area contributed by atoms with Gasteiger partial charge in [-0.05, 0) is 62.7 Å². The Morgan fingerprint density at radius 2 is 1.56 bits per heavy atom. The van der Waals surface area contributed by atoms with Gasteiger partial charge in [0.15, 0.2) is 0 Å². The number of hydrogen-bond acceptors (Lipinski definition) is 7. The van der Waals surface area contributed by atoms with E-state index in [-0.39, 0.29) is 30.2 Å². The third-order valence-electron chi connectivity index (χ3n) is 8.05. The Kier molecular flexibility index (Phi) is 11.8. The van der Waals surface area contributed by atoms with Crippen molar-refractivity contribution in [2.75, 3.05) is 19.6 Å². The molecular formula is C31H53N5O7. The maximum Gasteiger partial charge on any atom is 0.408 e. The van der Waals surface area contributed by atoms with Crippen LogP contribution < -0.4 is 21.3 Å². The van der Waals surface area contributed by atoms with Gasteiger partial charge in [-0.3, -0.25) is 24.0 Å². The highest BCUT2D eigenvalue weighted by Crippen LogP contribution is 2.57. The molecular weight excluding hydrogens is 554 g/mol. The van der Waals surface area contributed by atoms with Gasteiger partial charge in [-0.15, -0.1) is 0 Å². The molecule has 1 heterocycles. The third-order valence-corrected chi connectivity index (χ3v) is 8.05. The molecule has 1 saturated heterocycles. The maximum atomic E-state index is 14.1. The molecule has 12 nitrogen and oxygen atoms in total. The summed E-state index contributed by atoms with van der Waals surface area (Å²) in [6, 6.07) is -2.98. The summed E-state index contributed by atoms with van der Waals surface area (Å²) in [5.41, 5.74) is -1.69. The van der Waals surface area contributed by atoms with Gasteiger partial charge in [0.2, 0.25) is 23.5 Å². The molecule has 0 aromatic rings. The number of alkyl carbamates (subject to hydrolysis) is 1. The summed E-state index contributed by atoms with van der Waals surface area (Å²) < 4.78 is 5.42. The topological polar surface area (TPSA) is 163 Å². The zero-order chi connectivity index (χ0) is 32.9. The molecule has 2 rings (SSSR count). The van der Waals surface area contributed by atoms with E-state index in [9.17, 15) is 28.8 Å². The lowest BCUT2D eigenvalue weighted by molar-refractivity contribution is -0.146. The van der Waals surface area contributed by atoms with Crippen LogP contribution in [-0.2, 0) is 28.7 Å². The Bertz CT molecular complexity index is 1080. The average molecular weight is 608 g/mol. The second kappa shape index (κ2) is 14.1. The smallest absolute Gasteiger partial charge is 0.408 e. The van der Waals surface area contributed by atoms with Gasteiger partial charge in [0.05, 0.1) is 12.6 Å². The fourth-order valence-corrected chi connectivity index (χ4v) is 6.16. The van der Waals surface area contributed by atoms with E-state index in [0.29, 0.717) is 19.5 Å². The number of nitrogens with one attached hydrogen (secondary N) is 4. The van der Waals surface area contributed by atoms with Crippen LogP contribution in [-0.4, -0.2) is 83.8 Å². The van der Waals surface area contributed by atoms with Gasteiger partial charge in [0, 0.05) is 13.1 Å².